The number of aliphatic hydroxyl groups excluding tert-OH is 1. The number of furan rings is 1. The molecule has 1 aromatic rings. The van der Waals surface area contributed by atoms with Crippen LogP contribution in [0.2, 0.25) is 0 Å². The molecule has 2 saturated carbocycles. The van der Waals surface area contributed by atoms with Gasteiger partial charge in [0.1, 0.15) is 6.10 Å². The van der Waals surface area contributed by atoms with Crippen LogP contribution in [0.25, 0.3) is 0 Å². The molecule has 4 aliphatic carbocycles. The molecule has 9 atom stereocenters. The van der Waals surface area contributed by atoms with E-state index in [2.05, 4.69) is 26.8 Å². The summed E-state index contributed by atoms with van der Waals surface area (Å²) in [5.74, 6) is -1.05. The number of ether oxygens (including phenoxy) is 1. The number of hydrogen-bond donors (Lipinski definition) is 2. The van der Waals surface area contributed by atoms with Crippen LogP contribution in [0.5, 0.6) is 0 Å². The summed E-state index contributed by atoms with van der Waals surface area (Å²) >= 11 is 0. The van der Waals surface area contributed by atoms with E-state index < -0.39 is 40.5 Å². The summed E-state index contributed by atoms with van der Waals surface area (Å²) in [7, 11) is 0. The summed E-state index contributed by atoms with van der Waals surface area (Å²) in [4.78, 5) is 24.9. The van der Waals surface area contributed by atoms with Crippen LogP contribution in [0, 0.1) is 28.1 Å². The van der Waals surface area contributed by atoms with E-state index in [1.165, 1.54) is 12.5 Å². The van der Waals surface area contributed by atoms with E-state index in [1.807, 2.05) is 18.4 Å². The predicted octanol–water partition coefficient (Wildman–Crippen LogP) is 4.32. The summed E-state index contributed by atoms with van der Waals surface area (Å²) in [5, 5.41) is 23.4. The standard InChI is InChI=1S/C28H36O6/c1-16(29)34-24-22(31)23-26(3,11-8-18(30)14-27(23,4)32)21-9-12-25(2)19(17-10-13-33-15-17)6-7-20(25)28(21,24)5/h7-8,10-11,13,15,19,21-24,31-32H,6,9,12,14H2,1-5H3/t19-,21?,22+,23?,24+,25-,26+,27+,28-/m0/s1. The topological polar surface area (TPSA) is 97.0 Å². The SMILES string of the molecule is CC(=O)O[C@@H]1[C@H](O)C2[C@](C)(C=CC(=O)C[C@@]2(C)O)C2CC[C@]3(C)C(=CC[C@H]3c3ccoc3)[C@@]21C. The highest BCUT2D eigenvalue weighted by molar-refractivity contribution is 5.91. The van der Waals surface area contributed by atoms with Crippen molar-refractivity contribution < 1.29 is 29.0 Å². The minimum atomic E-state index is -1.43. The van der Waals surface area contributed by atoms with Crippen molar-refractivity contribution >= 4 is 11.8 Å². The maximum absolute atomic E-state index is 12.6. The van der Waals surface area contributed by atoms with Gasteiger partial charge in [-0.25, -0.2) is 0 Å². The van der Waals surface area contributed by atoms with Gasteiger partial charge < -0.3 is 19.4 Å². The van der Waals surface area contributed by atoms with Crippen LogP contribution in [-0.2, 0) is 14.3 Å². The molecule has 6 heteroatoms. The number of carbonyl (C=O) groups is 2. The van der Waals surface area contributed by atoms with E-state index in [-0.39, 0.29) is 29.5 Å². The summed E-state index contributed by atoms with van der Waals surface area (Å²) in [6.07, 6.45) is 9.87. The van der Waals surface area contributed by atoms with E-state index in [0.29, 0.717) is 0 Å². The quantitative estimate of drug-likeness (QED) is 0.496. The minimum absolute atomic E-state index is 0.0335. The van der Waals surface area contributed by atoms with Crippen LogP contribution >= 0.6 is 0 Å². The fraction of sp³-hybridized carbons (Fsp3) is 0.643. The number of ketones is 1. The van der Waals surface area contributed by atoms with Crippen molar-refractivity contribution in [1.29, 1.82) is 0 Å². The van der Waals surface area contributed by atoms with Gasteiger partial charge in [0, 0.05) is 24.7 Å². The first-order chi connectivity index (χ1) is 15.9. The molecule has 5 rings (SSSR count). The molecule has 4 aliphatic rings. The van der Waals surface area contributed by atoms with Crippen molar-refractivity contribution in [2.75, 3.05) is 0 Å². The van der Waals surface area contributed by atoms with E-state index in [0.717, 1.165) is 24.8 Å². The fourth-order valence-electron chi connectivity index (χ4n) is 8.82. The van der Waals surface area contributed by atoms with Gasteiger partial charge >= 0.3 is 5.97 Å². The number of rotatable bonds is 2. The average molecular weight is 469 g/mol. The molecule has 0 spiro atoms. The van der Waals surface area contributed by atoms with Crippen molar-refractivity contribution in [2.45, 2.75) is 84.0 Å². The second-order valence-electron chi connectivity index (χ2n) is 12.0. The van der Waals surface area contributed by atoms with E-state index in [9.17, 15) is 19.8 Å². The van der Waals surface area contributed by atoms with Crippen molar-refractivity contribution in [1.82, 2.24) is 0 Å². The third-order valence-electron chi connectivity index (χ3n) is 9.93. The van der Waals surface area contributed by atoms with Crippen molar-refractivity contribution in [3.8, 4) is 0 Å². The summed E-state index contributed by atoms with van der Waals surface area (Å²) in [6.45, 7) is 9.45. The molecule has 0 saturated heterocycles. The van der Waals surface area contributed by atoms with Crippen molar-refractivity contribution in [3.05, 3.63) is 48.0 Å². The van der Waals surface area contributed by atoms with Gasteiger partial charge in [-0.3, -0.25) is 9.59 Å². The molecule has 1 aromatic heterocycles. The molecule has 0 aromatic carbocycles. The molecule has 2 fully saturated rings. The number of esters is 1. The van der Waals surface area contributed by atoms with Gasteiger partial charge in [0.15, 0.2) is 5.78 Å². The highest BCUT2D eigenvalue weighted by atomic mass is 16.6. The number of carbonyl (C=O) groups excluding carboxylic acids is 2. The molecular weight excluding hydrogens is 432 g/mol. The van der Waals surface area contributed by atoms with Gasteiger partial charge in [-0.05, 0) is 66.6 Å². The van der Waals surface area contributed by atoms with E-state index in [1.54, 1.807) is 19.3 Å². The van der Waals surface area contributed by atoms with Crippen LogP contribution in [0.3, 0.4) is 0 Å². The molecule has 0 radical (unpaired) electrons. The first-order valence-electron chi connectivity index (χ1n) is 12.4. The van der Waals surface area contributed by atoms with Crippen LogP contribution < -0.4 is 0 Å². The second-order valence-corrected chi connectivity index (χ2v) is 12.0. The summed E-state index contributed by atoms with van der Waals surface area (Å²) in [6, 6.07) is 2.02. The molecule has 0 bridgehead atoms. The zero-order valence-corrected chi connectivity index (χ0v) is 20.7. The Morgan fingerprint density at radius 3 is 2.62 bits per heavy atom. The first kappa shape index (κ1) is 23.6. The number of hydrogen-bond acceptors (Lipinski definition) is 6. The van der Waals surface area contributed by atoms with Gasteiger partial charge in [-0.15, -0.1) is 0 Å². The Labute approximate surface area is 201 Å². The molecule has 6 nitrogen and oxygen atoms in total. The van der Waals surface area contributed by atoms with Gasteiger partial charge in [-0.2, -0.15) is 0 Å². The number of fused-ring (bicyclic) bond motifs is 5. The number of allylic oxidation sites excluding steroid dienone is 3. The van der Waals surface area contributed by atoms with Crippen LogP contribution in [0.1, 0.15) is 71.8 Å². The smallest absolute Gasteiger partial charge is 0.303 e. The third kappa shape index (κ3) is 3.00. The molecule has 1 heterocycles. The maximum Gasteiger partial charge on any atom is 0.303 e. The van der Waals surface area contributed by atoms with Crippen LogP contribution in [0.15, 0.2) is 46.8 Å². The fourth-order valence-corrected chi connectivity index (χ4v) is 8.82. The Hall–Kier alpha value is -2.18. The van der Waals surface area contributed by atoms with Crippen molar-refractivity contribution in [2.24, 2.45) is 28.1 Å². The lowest BCUT2D eigenvalue weighted by molar-refractivity contribution is -0.240. The molecule has 0 aliphatic heterocycles. The molecular formula is C28H36O6. The zero-order chi connectivity index (χ0) is 24.7. The van der Waals surface area contributed by atoms with E-state index >= 15 is 0 Å². The minimum Gasteiger partial charge on any atom is -0.472 e. The highest BCUT2D eigenvalue weighted by Gasteiger charge is 2.71. The Morgan fingerprint density at radius 1 is 1.24 bits per heavy atom. The predicted molar refractivity (Wildman–Crippen MR) is 126 cm³/mol. The molecule has 2 unspecified atom stereocenters. The first-order valence-corrected chi connectivity index (χ1v) is 12.4. The molecule has 2 N–H and O–H groups in total. The van der Waals surface area contributed by atoms with Crippen molar-refractivity contribution in [3.63, 3.8) is 0 Å². The lowest BCUT2D eigenvalue weighted by atomic mass is 9.40. The lowest BCUT2D eigenvalue weighted by Crippen LogP contribution is -2.69. The Morgan fingerprint density at radius 2 is 1.97 bits per heavy atom. The van der Waals surface area contributed by atoms with Gasteiger partial charge in [0.05, 0.1) is 24.2 Å². The Kier molecular flexibility index (Phi) is 5.13. The largest absolute Gasteiger partial charge is 0.472 e. The summed E-state index contributed by atoms with van der Waals surface area (Å²) in [5.41, 5.74) is -0.562. The Bertz CT molecular complexity index is 1070. The van der Waals surface area contributed by atoms with Gasteiger partial charge in [0.2, 0.25) is 0 Å². The van der Waals surface area contributed by atoms with E-state index in [4.69, 9.17) is 9.15 Å². The van der Waals surface area contributed by atoms with Gasteiger partial charge in [-0.1, -0.05) is 38.5 Å². The number of aliphatic hydroxyl groups is 2. The van der Waals surface area contributed by atoms with Gasteiger partial charge in [0.25, 0.3) is 0 Å². The third-order valence-corrected chi connectivity index (χ3v) is 9.93. The normalized spacial score (nSPS) is 47.8. The maximum atomic E-state index is 12.6. The van der Waals surface area contributed by atoms with Crippen LogP contribution in [-0.4, -0.2) is 39.8 Å². The molecule has 34 heavy (non-hydrogen) atoms. The lowest BCUT2D eigenvalue weighted by Gasteiger charge is -2.66. The highest BCUT2D eigenvalue weighted by Crippen LogP contribution is 2.72. The molecule has 184 valence electrons. The Balaban J connectivity index is 1.69. The summed E-state index contributed by atoms with van der Waals surface area (Å²) < 4.78 is 11.3. The zero-order valence-electron chi connectivity index (χ0n) is 20.7. The second kappa shape index (κ2) is 7.41. The average Bonchev–Trinajstić information content (AvgIpc) is 3.34. The van der Waals surface area contributed by atoms with Crippen LogP contribution in [0.4, 0.5) is 0 Å². The molecule has 0 amide bonds. The monoisotopic (exact) mass is 468 g/mol.